The lowest BCUT2D eigenvalue weighted by atomic mass is 9.85. The van der Waals surface area contributed by atoms with Crippen LogP contribution in [0.4, 0.5) is 0 Å². The van der Waals surface area contributed by atoms with Crippen LogP contribution in [0.2, 0.25) is 0 Å². The summed E-state index contributed by atoms with van der Waals surface area (Å²) in [6.07, 6.45) is 15.4. The molecule has 2 atom stereocenters. The molecule has 1 heterocycles. The maximum atomic E-state index is 15.7. The number of amidine groups is 2. The number of carbonyl (C=O) groups is 1. The number of rotatable bonds is 18. The molecule has 0 saturated heterocycles. The van der Waals surface area contributed by atoms with Gasteiger partial charge in [0.1, 0.15) is 5.84 Å². The number of ketones is 1. The predicted octanol–water partition coefficient (Wildman–Crippen LogP) is 18.4. The van der Waals surface area contributed by atoms with Gasteiger partial charge in [0.25, 0.3) is 5.78 Å². The van der Waals surface area contributed by atoms with Gasteiger partial charge in [-0.3, -0.25) is 10.2 Å². The van der Waals surface area contributed by atoms with Crippen molar-refractivity contribution in [2.24, 2.45) is 10.9 Å². The Labute approximate surface area is 492 Å². The molecule has 1 aromatic heterocycles. The highest BCUT2D eigenvalue weighted by Gasteiger charge is 2.28. The summed E-state index contributed by atoms with van der Waals surface area (Å²) in [5.41, 5.74) is 15.1. The zero-order valence-electron chi connectivity index (χ0n) is 46.8. The Morgan fingerprint density at radius 3 is 1.51 bits per heavy atom. The minimum Gasteiger partial charge on any atom is -0.352 e. The first-order chi connectivity index (χ1) is 41.3. The van der Waals surface area contributed by atoms with E-state index in [1.54, 1.807) is 6.08 Å². The lowest BCUT2D eigenvalue weighted by molar-refractivity contribution is 0.105. The summed E-state index contributed by atoms with van der Waals surface area (Å²) in [6.45, 7) is 8.20. The summed E-state index contributed by atoms with van der Waals surface area (Å²) in [5, 5.41) is 10.0. The van der Waals surface area contributed by atoms with Crippen molar-refractivity contribution in [1.82, 2.24) is 19.9 Å². The Kier molecular flexibility index (Phi) is 17.2. The summed E-state index contributed by atoms with van der Waals surface area (Å²) in [4.78, 5) is 38.4. The van der Waals surface area contributed by atoms with Crippen molar-refractivity contribution in [3.63, 3.8) is 0 Å². The van der Waals surface area contributed by atoms with Crippen molar-refractivity contribution in [3.8, 4) is 55.9 Å². The number of carbonyl (C=O) groups excluding carboxylic acids is 1. The fraction of sp³-hybridized carbons (Fsp3) is 0.0649. The molecule has 1 aliphatic carbocycles. The number of hydrogen-bond donors (Lipinski definition) is 1. The van der Waals surface area contributed by atoms with E-state index in [-0.39, 0.29) is 23.6 Å². The lowest BCUT2D eigenvalue weighted by Crippen LogP contribution is -2.33. The summed E-state index contributed by atoms with van der Waals surface area (Å²) in [5.74, 6) is -0.679. The smallest absolute Gasteiger partial charge is 0.266 e. The highest BCUT2D eigenvalue weighted by atomic mass is 16.1. The number of allylic oxidation sites excluding steroid dienone is 9. The first kappa shape index (κ1) is 55.2. The predicted molar refractivity (Wildman–Crippen MR) is 348 cm³/mol. The molecular formula is C77H62N6O. The molecule has 0 radical (unpaired) electrons. The van der Waals surface area contributed by atoms with E-state index in [1.165, 1.54) is 0 Å². The third kappa shape index (κ3) is 12.9. The third-order valence-corrected chi connectivity index (χ3v) is 15.1. The maximum Gasteiger partial charge on any atom is 0.266 e. The molecular weight excluding hydrogens is 1020 g/mol. The van der Waals surface area contributed by atoms with Gasteiger partial charge in [-0.2, -0.15) is 0 Å². The molecule has 10 aromatic rings. The second kappa shape index (κ2) is 26.2. The molecule has 2 unspecified atom stereocenters. The molecule has 84 heavy (non-hydrogen) atoms. The Balaban J connectivity index is 1.11. The van der Waals surface area contributed by atoms with Crippen molar-refractivity contribution in [2.45, 2.75) is 18.9 Å². The molecule has 0 spiro atoms. The first-order valence-corrected chi connectivity index (χ1v) is 28.2. The van der Waals surface area contributed by atoms with Crippen LogP contribution in [0.1, 0.15) is 57.6 Å². The summed E-state index contributed by atoms with van der Waals surface area (Å²) >= 11 is 0. The highest BCUT2D eigenvalue weighted by Crippen LogP contribution is 2.38. The molecule has 0 fully saturated rings. The van der Waals surface area contributed by atoms with Crippen LogP contribution in [0.15, 0.2) is 309 Å². The zero-order valence-corrected chi connectivity index (χ0v) is 46.8. The standard InChI is InChI=1S/C77H62N6O/c1-4-6-28-61-43-44-63(56-31-16-8-17-32-56)53-70(61)75-80-74(68-49-64(57-33-18-9-19-34-57)47-65(50-68)58-35-20-10-21-36-58)81-76(82-75)72(84)73(78)79-77(69-51-66(59-37-22-11-23-38-59)48-67(52-69)60-39-24-12-25-40-60)83(3)71(62-41-26-13-27-42-62)46-45-54(5-2)55-29-14-7-15-30-55/h4-42,44-45,47-53,61,71,78H,1-2,43,46H2,3H3/b28-6?,54-45+,78-73?,79-77-. The van der Waals surface area contributed by atoms with Gasteiger partial charge in [-0.25, -0.2) is 19.9 Å². The van der Waals surface area contributed by atoms with Gasteiger partial charge in [0, 0.05) is 29.7 Å². The van der Waals surface area contributed by atoms with E-state index < -0.39 is 11.6 Å². The van der Waals surface area contributed by atoms with Gasteiger partial charge in [0.2, 0.25) is 5.82 Å². The fourth-order valence-corrected chi connectivity index (χ4v) is 10.7. The van der Waals surface area contributed by atoms with Crippen LogP contribution in [0.3, 0.4) is 0 Å². The molecule has 1 N–H and O–H groups in total. The number of aliphatic imine (C=N–C) groups is 1. The van der Waals surface area contributed by atoms with Crippen LogP contribution in [-0.2, 0) is 0 Å². The van der Waals surface area contributed by atoms with Gasteiger partial charge < -0.3 is 4.90 Å². The second-order valence-corrected chi connectivity index (χ2v) is 20.6. The SMILES string of the molecule is C=CC=CC1CC=C(c2ccccc2)C=C1c1nc(C(=O)C(=N)/N=C(/c2cc(-c3ccccc3)cc(-c3ccccc3)c2)N(C)C(C/C=C(\C=C)c2ccccc2)c2ccccc2)nc(-c2cc(-c3ccccc3)cc(-c3ccccc3)c2)n1. The maximum absolute atomic E-state index is 15.7. The average molecular weight is 1090 g/mol. The van der Waals surface area contributed by atoms with Crippen LogP contribution in [-0.4, -0.2) is 44.4 Å². The van der Waals surface area contributed by atoms with E-state index in [4.69, 9.17) is 19.9 Å². The first-order valence-electron chi connectivity index (χ1n) is 28.2. The second-order valence-electron chi connectivity index (χ2n) is 20.6. The number of nitrogens with zero attached hydrogens (tertiary/aromatic N) is 5. The topological polar surface area (TPSA) is 95.2 Å². The van der Waals surface area contributed by atoms with E-state index in [2.05, 4.69) is 164 Å². The quantitative estimate of drug-likeness (QED) is 0.0400. The normalized spacial score (nSPS) is 13.8. The largest absolute Gasteiger partial charge is 0.352 e. The molecule has 7 nitrogen and oxygen atoms in total. The number of Topliss-reactive ketones (excluding diaryl/α,β-unsaturated/α-hetero) is 1. The Hall–Kier alpha value is -10.8. The average Bonchev–Trinajstić information content (AvgIpc) is 3.34. The molecule has 9 aromatic carbocycles. The van der Waals surface area contributed by atoms with E-state index in [1.807, 2.05) is 147 Å². The number of aromatic nitrogens is 3. The molecule has 406 valence electrons. The van der Waals surface area contributed by atoms with Gasteiger partial charge >= 0.3 is 0 Å². The Bertz CT molecular complexity index is 4020. The molecule has 0 bridgehead atoms. The van der Waals surface area contributed by atoms with Crippen LogP contribution >= 0.6 is 0 Å². The van der Waals surface area contributed by atoms with E-state index in [0.29, 0.717) is 35.6 Å². The molecule has 11 rings (SSSR count). The fourth-order valence-electron chi connectivity index (χ4n) is 10.7. The highest BCUT2D eigenvalue weighted by molar-refractivity contribution is 6.45. The van der Waals surface area contributed by atoms with Crippen molar-refractivity contribution in [3.05, 3.63) is 338 Å². The van der Waals surface area contributed by atoms with Crippen molar-refractivity contribution in [2.75, 3.05) is 7.05 Å². The summed E-state index contributed by atoms with van der Waals surface area (Å²) < 4.78 is 0. The van der Waals surface area contributed by atoms with Crippen molar-refractivity contribution >= 4 is 34.2 Å². The Morgan fingerprint density at radius 1 is 0.560 bits per heavy atom. The number of nitrogens with one attached hydrogen (secondary N) is 1. The van der Waals surface area contributed by atoms with Crippen molar-refractivity contribution < 1.29 is 4.79 Å². The van der Waals surface area contributed by atoms with Crippen LogP contribution in [0.25, 0.3) is 72.6 Å². The van der Waals surface area contributed by atoms with Crippen LogP contribution in [0.5, 0.6) is 0 Å². The molecule has 1 aliphatic rings. The van der Waals surface area contributed by atoms with Gasteiger partial charge in [0.15, 0.2) is 17.5 Å². The number of benzene rings is 9. The van der Waals surface area contributed by atoms with Crippen LogP contribution < -0.4 is 0 Å². The molecule has 7 heteroatoms. The van der Waals surface area contributed by atoms with Gasteiger partial charge in [-0.15, -0.1) is 0 Å². The van der Waals surface area contributed by atoms with E-state index in [9.17, 15) is 5.41 Å². The molecule has 0 aliphatic heterocycles. The Morgan fingerprint density at radius 2 is 1.01 bits per heavy atom. The minimum atomic E-state index is -0.765. The van der Waals surface area contributed by atoms with Gasteiger partial charge in [-0.1, -0.05) is 262 Å². The minimum absolute atomic E-state index is 0.176. The molecule has 0 amide bonds. The van der Waals surface area contributed by atoms with Gasteiger partial charge in [0.05, 0.1) is 6.04 Å². The zero-order chi connectivity index (χ0) is 57.6. The summed E-state index contributed by atoms with van der Waals surface area (Å²) in [7, 11) is 1.99. The molecule has 0 saturated carbocycles. The lowest BCUT2D eigenvalue weighted by Gasteiger charge is -2.31. The van der Waals surface area contributed by atoms with Gasteiger partial charge in [-0.05, 0) is 128 Å². The summed E-state index contributed by atoms with van der Waals surface area (Å²) in [6, 6.07) is 83.9. The van der Waals surface area contributed by atoms with E-state index in [0.717, 1.165) is 77.9 Å². The van der Waals surface area contributed by atoms with Crippen LogP contribution in [0, 0.1) is 11.3 Å². The van der Waals surface area contributed by atoms with E-state index >= 15 is 4.79 Å². The third-order valence-electron chi connectivity index (χ3n) is 15.1. The van der Waals surface area contributed by atoms with Crippen molar-refractivity contribution in [1.29, 1.82) is 5.41 Å². The number of hydrogen-bond acceptors (Lipinski definition) is 5. The monoisotopic (exact) mass is 1090 g/mol.